The van der Waals surface area contributed by atoms with E-state index in [1.807, 2.05) is 69.6 Å². The van der Waals surface area contributed by atoms with Gasteiger partial charge < -0.3 is 32.2 Å². The number of ether oxygens (including phenoxy) is 1. The Bertz CT molecular complexity index is 1670. The first-order valence-electron chi connectivity index (χ1n) is 13.9. The summed E-state index contributed by atoms with van der Waals surface area (Å²) in [5.41, 5.74) is 21.7. The average Bonchev–Trinajstić information content (AvgIpc) is 3.58. The van der Waals surface area contributed by atoms with Crippen LogP contribution in [0.25, 0.3) is 10.1 Å². The molecule has 1 amide bonds. The van der Waals surface area contributed by atoms with Crippen LogP contribution in [0.4, 0.5) is 5.69 Å². The molecule has 8 nitrogen and oxygen atoms in total. The number of amides is 1. The maximum Gasteiger partial charge on any atom is 0.262 e. The Labute approximate surface area is 243 Å². The number of thiophene rings is 1. The molecule has 1 aromatic heterocycles. The Hall–Kier alpha value is -3.76. The van der Waals surface area contributed by atoms with E-state index in [4.69, 9.17) is 21.9 Å². The Morgan fingerprint density at radius 3 is 2.49 bits per heavy atom. The Morgan fingerprint density at radius 2 is 1.78 bits per heavy atom. The van der Waals surface area contributed by atoms with E-state index in [1.54, 1.807) is 12.1 Å². The molecule has 7 N–H and O–H groups in total. The number of nitrogens with one attached hydrogen (secondary N) is 1. The van der Waals surface area contributed by atoms with Crippen molar-refractivity contribution in [3.05, 3.63) is 87.8 Å². The van der Waals surface area contributed by atoms with Crippen molar-refractivity contribution in [2.24, 2.45) is 11.5 Å². The third kappa shape index (κ3) is 4.40. The smallest absolute Gasteiger partial charge is 0.262 e. The van der Waals surface area contributed by atoms with Crippen molar-refractivity contribution in [2.75, 3.05) is 19.8 Å². The van der Waals surface area contributed by atoms with Crippen molar-refractivity contribution < 1.29 is 14.3 Å². The van der Waals surface area contributed by atoms with Gasteiger partial charge in [-0.2, -0.15) is 0 Å². The summed E-state index contributed by atoms with van der Waals surface area (Å²) in [4.78, 5) is 30.5. The van der Waals surface area contributed by atoms with Crippen LogP contribution in [-0.2, 0) is 10.3 Å². The molecule has 4 aromatic rings. The van der Waals surface area contributed by atoms with Crippen LogP contribution in [0.3, 0.4) is 0 Å². The van der Waals surface area contributed by atoms with Crippen molar-refractivity contribution in [3.63, 3.8) is 0 Å². The molecule has 1 saturated carbocycles. The van der Waals surface area contributed by atoms with E-state index >= 15 is 0 Å². The maximum absolute atomic E-state index is 14.2. The summed E-state index contributed by atoms with van der Waals surface area (Å²) in [6, 6.07) is 17.7. The number of nitrogen functional groups attached to an aromatic ring is 1. The number of rotatable bonds is 6. The molecule has 0 radical (unpaired) electrons. The first-order chi connectivity index (χ1) is 19.6. The van der Waals surface area contributed by atoms with Crippen molar-refractivity contribution in [1.82, 2.24) is 10.2 Å². The topological polar surface area (TPSA) is 137 Å². The first-order valence-corrected chi connectivity index (χ1v) is 14.7. The van der Waals surface area contributed by atoms with Crippen LogP contribution >= 0.6 is 11.3 Å². The van der Waals surface area contributed by atoms with E-state index in [0.717, 1.165) is 29.5 Å². The minimum atomic E-state index is -1.52. The largest absolute Gasteiger partial charge is 0.457 e. The van der Waals surface area contributed by atoms with Crippen LogP contribution in [0, 0.1) is 6.92 Å². The van der Waals surface area contributed by atoms with Crippen molar-refractivity contribution >= 4 is 38.8 Å². The van der Waals surface area contributed by atoms with Gasteiger partial charge in [-0.05, 0) is 87.3 Å². The summed E-state index contributed by atoms with van der Waals surface area (Å²) >= 11 is 1.28. The van der Waals surface area contributed by atoms with E-state index in [-0.39, 0.29) is 23.8 Å². The number of para-hydroxylation sites is 1. The van der Waals surface area contributed by atoms with Crippen LogP contribution in [0.2, 0.25) is 0 Å². The lowest BCUT2D eigenvalue weighted by Gasteiger charge is -2.37. The molecule has 0 spiro atoms. The number of Topliss-reactive ketones (excluding diaryl/α,β-unsaturated/α-hetero) is 1. The number of hydrogen-bond acceptors (Lipinski definition) is 8. The fourth-order valence-electron chi connectivity index (χ4n) is 6.56. The molecular formula is C32H35N5O3S. The number of ketones is 1. The van der Waals surface area contributed by atoms with Crippen LogP contribution in [0.15, 0.2) is 60.7 Å². The van der Waals surface area contributed by atoms with Crippen LogP contribution in [-0.4, -0.2) is 42.8 Å². The number of aryl methyl sites for hydroxylation is 1. The summed E-state index contributed by atoms with van der Waals surface area (Å²) in [7, 11) is 4.06. The Balaban J connectivity index is 1.43. The SMILES string of the molecule is Cc1cc(Oc2ccccc2)ccc1C1(N)C(=O)C(N)c2c(C(=O)N[C@@H]3CCC[C@H]3N(C)C)sc3c(N)ccc1c23. The van der Waals surface area contributed by atoms with Crippen LogP contribution in [0.1, 0.15) is 57.2 Å². The average molecular weight is 570 g/mol. The highest BCUT2D eigenvalue weighted by molar-refractivity contribution is 7.21. The summed E-state index contributed by atoms with van der Waals surface area (Å²) in [6.45, 7) is 1.90. The van der Waals surface area contributed by atoms with Crippen LogP contribution < -0.4 is 27.3 Å². The zero-order valence-corrected chi connectivity index (χ0v) is 24.3. The standard InChI is InChI=1S/C32H35N5O3S/c1-17-16-19(40-18-8-5-4-6-9-18)12-13-20(17)32(35)21-14-15-22(33)28-25(21)26(27(34)30(32)38)29(41-28)31(39)36-23-10-7-11-24(23)37(2)3/h4-6,8-9,12-16,23-24,27H,7,10-11,33-35H2,1-3H3,(H,36,39)/t23-,24-,27?,32?/m1/s1. The number of nitrogens with zero attached hydrogens (tertiary/aromatic N) is 1. The lowest BCUT2D eigenvalue weighted by molar-refractivity contribution is -0.124. The van der Waals surface area contributed by atoms with Gasteiger partial charge in [0.05, 0.1) is 15.6 Å². The van der Waals surface area contributed by atoms with Gasteiger partial charge in [-0.3, -0.25) is 9.59 Å². The Kier molecular flexibility index (Phi) is 6.86. The van der Waals surface area contributed by atoms with E-state index in [1.165, 1.54) is 11.3 Å². The molecule has 9 heteroatoms. The predicted octanol–water partition coefficient (Wildman–Crippen LogP) is 4.58. The maximum atomic E-state index is 14.2. The van der Waals surface area contributed by atoms with Gasteiger partial charge in [0, 0.05) is 28.7 Å². The zero-order valence-electron chi connectivity index (χ0n) is 23.4. The molecule has 4 atom stereocenters. The minimum Gasteiger partial charge on any atom is -0.457 e. The number of carbonyl (C=O) groups is 2. The van der Waals surface area contributed by atoms with Gasteiger partial charge in [-0.15, -0.1) is 11.3 Å². The highest BCUT2D eigenvalue weighted by atomic mass is 32.1. The molecule has 2 aliphatic carbocycles. The molecule has 0 bridgehead atoms. The first kappa shape index (κ1) is 27.4. The number of hydrogen-bond donors (Lipinski definition) is 4. The highest BCUT2D eigenvalue weighted by Gasteiger charge is 2.49. The van der Waals surface area contributed by atoms with Gasteiger partial charge in [-0.1, -0.05) is 30.3 Å². The van der Waals surface area contributed by atoms with Gasteiger partial charge >= 0.3 is 0 Å². The zero-order chi connectivity index (χ0) is 29.1. The van der Waals surface area contributed by atoms with Gasteiger partial charge in [0.2, 0.25) is 0 Å². The number of likely N-dealkylation sites (N-methyl/N-ethyl adjacent to an activating group) is 1. The molecule has 0 aliphatic heterocycles. The molecule has 2 aliphatic rings. The number of benzene rings is 3. The lowest BCUT2D eigenvalue weighted by atomic mass is 9.69. The van der Waals surface area contributed by atoms with Gasteiger partial charge in [-0.25, -0.2) is 0 Å². The van der Waals surface area contributed by atoms with Gasteiger partial charge in [0.1, 0.15) is 17.0 Å². The predicted molar refractivity (Wildman–Crippen MR) is 163 cm³/mol. The Morgan fingerprint density at radius 1 is 1.05 bits per heavy atom. The third-order valence-electron chi connectivity index (χ3n) is 8.58. The number of anilines is 1. The molecule has 1 fully saturated rings. The molecule has 6 rings (SSSR count). The number of carbonyl (C=O) groups excluding carboxylic acids is 2. The third-order valence-corrected chi connectivity index (χ3v) is 9.83. The second kappa shape index (κ2) is 10.3. The summed E-state index contributed by atoms with van der Waals surface area (Å²) in [6.07, 6.45) is 2.98. The van der Waals surface area contributed by atoms with Crippen molar-refractivity contribution in [1.29, 1.82) is 0 Å². The van der Waals surface area contributed by atoms with Crippen molar-refractivity contribution in [3.8, 4) is 11.5 Å². The quantitative estimate of drug-likeness (QED) is 0.250. The normalized spacial score (nSPS) is 23.8. The van der Waals surface area contributed by atoms with Gasteiger partial charge in [0.15, 0.2) is 5.78 Å². The monoisotopic (exact) mass is 569 g/mol. The van der Waals surface area contributed by atoms with Gasteiger partial charge in [0.25, 0.3) is 5.91 Å². The molecule has 2 unspecified atom stereocenters. The fraction of sp³-hybridized carbons (Fsp3) is 0.312. The van der Waals surface area contributed by atoms with E-state index < -0.39 is 11.6 Å². The van der Waals surface area contributed by atoms with Crippen molar-refractivity contribution in [2.45, 2.75) is 49.9 Å². The minimum absolute atomic E-state index is 0.0233. The second-order valence-corrected chi connectivity index (χ2v) is 12.4. The summed E-state index contributed by atoms with van der Waals surface area (Å²) in [5.74, 6) is 0.752. The molecular weight excluding hydrogens is 534 g/mol. The summed E-state index contributed by atoms with van der Waals surface area (Å²) < 4.78 is 6.73. The van der Waals surface area contributed by atoms with E-state index in [2.05, 4.69) is 10.2 Å². The van der Waals surface area contributed by atoms with E-state index in [9.17, 15) is 9.59 Å². The lowest BCUT2D eigenvalue weighted by Crippen LogP contribution is -2.53. The molecule has 0 saturated heterocycles. The fourth-order valence-corrected chi connectivity index (χ4v) is 7.76. The molecule has 212 valence electrons. The molecule has 41 heavy (non-hydrogen) atoms. The molecule has 1 heterocycles. The number of nitrogens with two attached hydrogens (primary N) is 3. The highest BCUT2D eigenvalue weighted by Crippen LogP contribution is 2.50. The summed E-state index contributed by atoms with van der Waals surface area (Å²) in [5, 5.41) is 3.93. The second-order valence-electron chi connectivity index (χ2n) is 11.3. The van der Waals surface area contributed by atoms with E-state index in [0.29, 0.717) is 44.1 Å². The van der Waals surface area contributed by atoms with Crippen LogP contribution in [0.5, 0.6) is 11.5 Å². The molecule has 3 aromatic carbocycles.